The fourth-order valence-electron chi connectivity index (χ4n) is 3.32. The lowest BCUT2D eigenvalue weighted by molar-refractivity contribution is 0.0943. The standard InChI is InChI=1S/C17H21N3O3S/c1-24(22,23)20-15-8-4-6-13(15)11-19-17(21)16-14-7-3-2-5-12(14)9-10-18-16/h2-3,5,7,9-10,13,15,20H,4,6,8,11H2,1H3,(H,19,21). The number of benzene rings is 1. The molecule has 2 atom stereocenters. The van der Waals surface area contributed by atoms with Crippen LogP contribution in [0.5, 0.6) is 0 Å². The Kier molecular flexibility index (Phi) is 4.82. The highest BCUT2D eigenvalue weighted by molar-refractivity contribution is 7.88. The summed E-state index contributed by atoms with van der Waals surface area (Å²) < 4.78 is 25.5. The van der Waals surface area contributed by atoms with E-state index >= 15 is 0 Å². The van der Waals surface area contributed by atoms with Crippen LogP contribution in [0.15, 0.2) is 36.5 Å². The molecule has 2 aromatic rings. The largest absolute Gasteiger partial charge is 0.350 e. The van der Waals surface area contributed by atoms with Gasteiger partial charge in [-0.2, -0.15) is 0 Å². The average Bonchev–Trinajstić information content (AvgIpc) is 2.97. The third-order valence-electron chi connectivity index (χ3n) is 4.44. The number of hydrogen-bond acceptors (Lipinski definition) is 4. The van der Waals surface area contributed by atoms with Gasteiger partial charge in [0.05, 0.1) is 6.26 Å². The summed E-state index contributed by atoms with van der Waals surface area (Å²) in [5.74, 6) is -0.115. The zero-order valence-corrected chi connectivity index (χ0v) is 14.3. The second-order valence-corrected chi connectivity index (χ2v) is 8.06. The molecule has 3 rings (SSSR count). The summed E-state index contributed by atoms with van der Waals surface area (Å²) >= 11 is 0. The molecule has 6 nitrogen and oxygen atoms in total. The van der Waals surface area contributed by atoms with E-state index in [4.69, 9.17) is 0 Å². The molecular weight excluding hydrogens is 326 g/mol. The minimum absolute atomic E-state index is 0.110. The molecule has 0 saturated heterocycles. The number of nitrogens with one attached hydrogen (secondary N) is 2. The quantitative estimate of drug-likeness (QED) is 0.861. The van der Waals surface area contributed by atoms with Gasteiger partial charge in [-0.25, -0.2) is 13.1 Å². The first-order chi connectivity index (χ1) is 11.4. The van der Waals surface area contributed by atoms with Crippen molar-refractivity contribution in [1.29, 1.82) is 0 Å². The van der Waals surface area contributed by atoms with Crippen molar-refractivity contribution in [3.63, 3.8) is 0 Å². The van der Waals surface area contributed by atoms with Crippen molar-refractivity contribution in [1.82, 2.24) is 15.0 Å². The Morgan fingerprint density at radius 1 is 1.25 bits per heavy atom. The fraction of sp³-hybridized carbons (Fsp3) is 0.412. The molecule has 1 aliphatic rings. The van der Waals surface area contributed by atoms with E-state index in [0.717, 1.165) is 30.0 Å². The third-order valence-corrected chi connectivity index (χ3v) is 5.17. The number of fused-ring (bicyclic) bond motifs is 1. The molecule has 0 aliphatic heterocycles. The Hall–Kier alpha value is -1.99. The first-order valence-electron chi connectivity index (χ1n) is 8.03. The lowest BCUT2D eigenvalue weighted by Crippen LogP contribution is -2.41. The molecule has 2 unspecified atom stereocenters. The van der Waals surface area contributed by atoms with Crippen molar-refractivity contribution >= 4 is 26.7 Å². The normalized spacial score (nSPS) is 21.0. The molecule has 2 N–H and O–H groups in total. The maximum absolute atomic E-state index is 12.5. The average molecular weight is 347 g/mol. The summed E-state index contributed by atoms with van der Waals surface area (Å²) in [7, 11) is -3.24. The molecule has 128 valence electrons. The minimum atomic E-state index is -3.24. The van der Waals surface area contributed by atoms with E-state index in [9.17, 15) is 13.2 Å². The molecule has 0 radical (unpaired) electrons. The summed E-state index contributed by atoms with van der Waals surface area (Å²) in [6.45, 7) is 0.441. The number of carbonyl (C=O) groups is 1. The van der Waals surface area contributed by atoms with E-state index in [1.807, 2.05) is 30.3 Å². The Morgan fingerprint density at radius 3 is 2.83 bits per heavy atom. The van der Waals surface area contributed by atoms with Gasteiger partial charge in [0.1, 0.15) is 5.69 Å². The molecule has 1 aromatic carbocycles. The maximum Gasteiger partial charge on any atom is 0.270 e. The SMILES string of the molecule is CS(=O)(=O)NC1CCCC1CNC(=O)c1nccc2ccccc12. The van der Waals surface area contributed by atoms with Gasteiger partial charge in [0.2, 0.25) is 10.0 Å². The Bertz CT molecular complexity index is 846. The number of nitrogens with zero attached hydrogens (tertiary/aromatic N) is 1. The van der Waals surface area contributed by atoms with E-state index < -0.39 is 10.0 Å². The topological polar surface area (TPSA) is 88.2 Å². The van der Waals surface area contributed by atoms with Gasteiger partial charge in [-0.1, -0.05) is 30.7 Å². The van der Waals surface area contributed by atoms with E-state index in [1.165, 1.54) is 6.26 Å². The molecule has 1 fully saturated rings. The highest BCUT2D eigenvalue weighted by atomic mass is 32.2. The number of rotatable bonds is 5. The van der Waals surface area contributed by atoms with Crippen LogP contribution < -0.4 is 10.0 Å². The van der Waals surface area contributed by atoms with Crippen molar-refractivity contribution in [3.05, 3.63) is 42.2 Å². The van der Waals surface area contributed by atoms with E-state index in [0.29, 0.717) is 12.2 Å². The van der Waals surface area contributed by atoms with Gasteiger partial charge in [0, 0.05) is 24.2 Å². The molecule has 1 amide bonds. The molecule has 1 aliphatic carbocycles. The smallest absolute Gasteiger partial charge is 0.270 e. The van der Waals surface area contributed by atoms with Crippen molar-refractivity contribution in [2.75, 3.05) is 12.8 Å². The zero-order chi connectivity index (χ0) is 17.2. The number of sulfonamides is 1. The van der Waals surface area contributed by atoms with Crippen LogP contribution in [0.1, 0.15) is 29.8 Å². The van der Waals surface area contributed by atoms with Crippen LogP contribution in [-0.2, 0) is 10.0 Å². The van der Waals surface area contributed by atoms with Crippen molar-refractivity contribution in [2.45, 2.75) is 25.3 Å². The van der Waals surface area contributed by atoms with Gasteiger partial charge in [-0.15, -0.1) is 0 Å². The Labute approximate surface area is 141 Å². The summed E-state index contributed by atoms with van der Waals surface area (Å²) in [5.41, 5.74) is 0.402. The van der Waals surface area contributed by atoms with Crippen LogP contribution in [-0.4, -0.2) is 38.2 Å². The first-order valence-corrected chi connectivity index (χ1v) is 9.92. The summed E-state index contributed by atoms with van der Waals surface area (Å²) in [6.07, 6.45) is 5.46. The van der Waals surface area contributed by atoms with Crippen LogP contribution in [0.3, 0.4) is 0 Å². The monoisotopic (exact) mass is 347 g/mol. The molecule has 1 saturated carbocycles. The molecule has 1 heterocycles. The fourth-order valence-corrected chi connectivity index (χ4v) is 4.18. The predicted octanol–water partition coefficient (Wildman–Crippen LogP) is 1.68. The summed E-state index contributed by atoms with van der Waals surface area (Å²) in [5, 5.41) is 4.69. The highest BCUT2D eigenvalue weighted by Crippen LogP contribution is 2.25. The number of hydrogen-bond donors (Lipinski definition) is 2. The van der Waals surface area contributed by atoms with Crippen LogP contribution >= 0.6 is 0 Å². The number of amides is 1. The van der Waals surface area contributed by atoms with Gasteiger partial charge >= 0.3 is 0 Å². The van der Waals surface area contributed by atoms with Crippen LogP contribution in [0.4, 0.5) is 0 Å². The molecular formula is C17H21N3O3S. The van der Waals surface area contributed by atoms with Crippen molar-refractivity contribution in [3.8, 4) is 0 Å². The number of aromatic nitrogens is 1. The number of pyridine rings is 1. The summed E-state index contributed by atoms with van der Waals surface area (Å²) in [6, 6.07) is 9.38. The van der Waals surface area contributed by atoms with E-state index in [-0.39, 0.29) is 17.9 Å². The Morgan fingerprint density at radius 2 is 2.04 bits per heavy atom. The lowest BCUT2D eigenvalue weighted by Gasteiger charge is -2.20. The predicted molar refractivity (Wildman–Crippen MR) is 93.2 cm³/mol. The van der Waals surface area contributed by atoms with E-state index in [2.05, 4.69) is 15.0 Å². The first kappa shape index (κ1) is 16.9. The third kappa shape index (κ3) is 3.91. The Balaban J connectivity index is 1.69. The second-order valence-electron chi connectivity index (χ2n) is 6.28. The second kappa shape index (κ2) is 6.86. The van der Waals surface area contributed by atoms with Gasteiger partial charge in [0.15, 0.2) is 0 Å². The molecule has 0 bridgehead atoms. The molecule has 0 spiro atoms. The summed E-state index contributed by atoms with van der Waals surface area (Å²) in [4.78, 5) is 16.7. The van der Waals surface area contributed by atoms with Crippen molar-refractivity contribution < 1.29 is 13.2 Å². The van der Waals surface area contributed by atoms with Crippen LogP contribution in [0.25, 0.3) is 10.8 Å². The lowest BCUT2D eigenvalue weighted by atomic mass is 10.0. The highest BCUT2D eigenvalue weighted by Gasteiger charge is 2.29. The molecule has 24 heavy (non-hydrogen) atoms. The molecule has 7 heteroatoms. The van der Waals surface area contributed by atoms with Crippen LogP contribution in [0.2, 0.25) is 0 Å². The van der Waals surface area contributed by atoms with Crippen LogP contribution in [0, 0.1) is 5.92 Å². The van der Waals surface area contributed by atoms with Gasteiger partial charge in [-0.05, 0) is 30.2 Å². The maximum atomic E-state index is 12.5. The number of carbonyl (C=O) groups excluding carboxylic acids is 1. The van der Waals surface area contributed by atoms with Gasteiger partial charge < -0.3 is 5.32 Å². The zero-order valence-electron chi connectivity index (χ0n) is 13.5. The van der Waals surface area contributed by atoms with Gasteiger partial charge in [-0.3, -0.25) is 9.78 Å². The minimum Gasteiger partial charge on any atom is -0.350 e. The van der Waals surface area contributed by atoms with Crippen molar-refractivity contribution in [2.24, 2.45) is 5.92 Å². The molecule has 1 aromatic heterocycles. The van der Waals surface area contributed by atoms with Gasteiger partial charge in [0.25, 0.3) is 5.91 Å². The van der Waals surface area contributed by atoms with E-state index in [1.54, 1.807) is 6.20 Å².